The van der Waals surface area contributed by atoms with Crippen LogP contribution in [0.1, 0.15) is 29.2 Å². The van der Waals surface area contributed by atoms with E-state index in [1.807, 2.05) is 11.1 Å². The average Bonchev–Trinajstić information content (AvgIpc) is 2.66. The Morgan fingerprint density at radius 1 is 1.21 bits per heavy atom. The van der Waals surface area contributed by atoms with Gasteiger partial charge in [0, 0.05) is 12.7 Å². The molecule has 2 rings (SSSR count). The molecule has 1 aromatic heterocycles. The zero-order valence-corrected chi connectivity index (χ0v) is 14.6. The summed E-state index contributed by atoms with van der Waals surface area (Å²) in [6, 6.07) is 9.41. The third-order valence-electron chi connectivity index (χ3n) is 3.86. The highest BCUT2D eigenvalue weighted by Crippen LogP contribution is 2.28. The summed E-state index contributed by atoms with van der Waals surface area (Å²) in [6.07, 6.45) is -8.04. The van der Waals surface area contributed by atoms with E-state index in [2.05, 4.69) is 5.32 Å². The molecule has 0 bridgehead atoms. The fourth-order valence-electron chi connectivity index (χ4n) is 2.36. The van der Waals surface area contributed by atoms with E-state index in [-0.39, 0.29) is 25.1 Å². The van der Waals surface area contributed by atoms with Gasteiger partial charge in [-0.25, -0.2) is 4.79 Å². The Balaban J connectivity index is 1.83. The first-order chi connectivity index (χ1) is 13.2. The van der Waals surface area contributed by atoms with E-state index in [4.69, 9.17) is 4.74 Å². The lowest BCUT2D eigenvalue weighted by atomic mass is 10.0. The Morgan fingerprint density at radius 2 is 1.89 bits per heavy atom. The Bertz CT molecular complexity index is 839. The number of carbonyl (C=O) groups excluding carboxylic acids is 1. The number of aliphatic hydroxyl groups is 2. The van der Waals surface area contributed by atoms with Crippen LogP contribution in [0.15, 0.2) is 47.4 Å². The van der Waals surface area contributed by atoms with Gasteiger partial charge in [-0.05, 0) is 23.6 Å². The number of nitrogens with one attached hydrogen (secondary N) is 2. The monoisotopic (exact) mass is 400 g/mol. The first-order valence-corrected chi connectivity index (χ1v) is 8.29. The number of H-pyrrole nitrogens is 1. The van der Waals surface area contributed by atoms with Crippen LogP contribution in [0.5, 0.6) is 0 Å². The average molecular weight is 400 g/mol. The van der Waals surface area contributed by atoms with Crippen molar-refractivity contribution >= 4 is 6.09 Å². The fraction of sp³-hybridized carbons (Fsp3) is 0.333. The summed E-state index contributed by atoms with van der Waals surface area (Å²) in [5, 5.41) is 22.3. The molecule has 28 heavy (non-hydrogen) atoms. The number of halogens is 3. The van der Waals surface area contributed by atoms with Gasteiger partial charge < -0.3 is 25.3 Å². The molecule has 1 aromatic carbocycles. The molecule has 0 radical (unpaired) electrons. The van der Waals surface area contributed by atoms with Crippen LogP contribution in [0.3, 0.4) is 0 Å². The molecule has 0 spiro atoms. The van der Waals surface area contributed by atoms with Gasteiger partial charge in [-0.3, -0.25) is 4.79 Å². The number of carbonyl (C=O) groups is 1. The van der Waals surface area contributed by atoms with Crippen molar-refractivity contribution in [3.8, 4) is 0 Å². The van der Waals surface area contributed by atoms with Crippen LogP contribution in [-0.4, -0.2) is 33.9 Å². The van der Waals surface area contributed by atoms with E-state index in [1.165, 1.54) is 0 Å². The molecule has 0 aliphatic heterocycles. The minimum Gasteiger partial charge on any atom is -0.445 e. The topological polar surface area (TPSA) is 112 Å². The normalized spacial score (nSPS) is 13.6. The maximum absolute atomic E-state index is 12.8. The first kappa shape index (κ1) is 21.5. The van der Waals surface area contributed by atoms with Crippen molar-refractivity contribution in [1.29, 1.82) is 0 Å². The largest absolute Gasteiger partial charge is 0.445 e. The highest BCUT2D eigenvalue weighted by molar-refractivity contribution is 5.67. The summed E-state index contributed by atoms with van der Waals surface area (Å²) in [5.41, 5.74) is -2.34. The minimum absolute atomic E-state index is 0.0510. The minimum atomic E-state index is -4.89. The molecule has 152 valence electrons. The standard InChI is InChI=1S/C18H19F3N2O5/c19-18(20,21)13-8-12(9-23-16(13)26)15(25)14(24)6-7-22-17(27)28-10-11-4-2-1-3-5-11/h1-5,8-9,14-15,24-25H,6-7,10H2,(H,22,27)(H,23,26). The number of aliphatic hydroxyl groups excluding tert-OH is 2. The van der Waals surface area contributed by atoms with E-state index < -0.39 is 35.6 Å². The molecule has 4 N–H and O–H groups in total. The number of aromatic amines is 1. The second-order valence-corrected chi connectivity index (χ2v) is 5.96. The summed E-state index contributed by atoms with van der Waals surface area (Å²) in [5.74, 6) is 0. The third-order valence-corrected chi connectivity index (χ3v) is 3.86. The SMILES string of the molecule is O=C(NCCC(O)C(O)c1c[nH]c(=O)c(C(F)(F)F)c1)OCc1ccccc1. The number of ether oxygens (including phenoxy) is 1. The summed E-state index contributed by atoms with van der Waals surface area (Å²) in [6.45, 7) is -0.0310. The molecule has 2 aromatic rings. The summed E-state index contributed by atoms with van der Waals surface area (Å²) < 4.78 is 43.2. The molecule has 7 nitrogen and oxygen atoms in total. The van der Waals surface area contributed by atoms with Crippen LogP contribution >= 0.6 is 0 Å². The molecular formula is C18H19F3N2O5. The molecule has 1 amide bonds. The maximum atomic E-state index is 12.8. The predicted molar refractivity (Wildman–Crippen MR) is 92.3 cm³/mol. The van der Waals surface area contributed by atoms with Gasteiger partial charge in [0.1, 0.15) is 18.3 Å². The van der Waals surface area contributed by atoms with E-state index in [0.717, 1.165) is 11.8 Å². The maximum Gasteiger partial charge on any atom is 0.421 e. The Morgan fingerprint density at radius 3 is 2.54 bits per heavy atom. The number of benzene rings is 1. The van der Waals surface area contributed by atoms with Crippen LogP contribution in [0.2, 0.25) is 0 Å². The zero-order valence-electron chi connectivity index (χ0n) is 14.6. The van der Waals surface area contributed by atoms with E-state index in [0.29, 0.717) is 6.07 Å². The van der Waals surface area contributed by atoms with Gasteiger partial charge in [0.15, 0.2) is 0 Å². The zero-order chi connectivity index (χ0) is 20.7. The number of amides is 1. The van der Waals surface area contributed by atoms with Crippen LogP contribution < -0.4 is 10.9 Å². The molecule has 2 unspecified atom stereocenters. The van der Waals surface area contributed by atoms with Gasteiger partial charge in [-0.2, -0.15) is 13.2 Å². The summed E-state index contributed by atoms with van der Waals surface area (Å²) >= 11 is 0. The van der Waals surface area contributed by atoms with Crippen molar-refractivity contribution in [2.45, 2.75) is 31.4 Å². The molecule has 0 fully saturated rings. The van der Waals surface area contributed by atoms with E-state index in [9.17, 15) is 33.0 Å². The second kappa shape index (κ2) is 9.38. The Kier molecular flexibility index (Phi) is 7.18. The molecular weight excluding hydrogens is 381 g/mol. The number of alkyl carbamates (subject to hydrolysis) is 1. The first-order valence-electron chi connectivity index (χ1n) is 8.29. The molecule has 0 saturated carbocycles. The number of pyridine rings is 1. The quantitative estimate of drug-likeness (QED) is 0.569. The Hall–Kier alpha value is -2.85. The highest BCUT2D eigenvalue weighted by atomic mass is 19.4. The van der Waals surface area contributed by atoms with Gasteiger partial charge in [0.2, 0.25) is 0 Å². The smallest absolute Gasteiger partial charge is 0.421 e. The number of hydrogen-bond acceptors (Lipinski definition) is 5. The fourth-order valence-corrected chi connectivity index (χ4v) is 2.36. The highest BCUT2D eigenvalue weighted by Gasteiger charge is 2.35. The molecule has 1 heterocycles. The predicted octanol–water partition coefficient (Wildman–Crippen LogP) is 2.10. The number of aromatic nitrogens is 1. The van der Waals surface area contributed by atoms with Gasteiger partial charge in [0.05, 0.1) is 6.10 Å². The Labute approximate surface area is 157 Å². The van der Waals surface area contributed by atoms with Gasteiger partial charge in [-0.1, -0.05) is 30.3 Å². The van der Waals surface area contributed by atoms with Crippen molar-refractivity contribution in [2.75, 3.05) is 6.54 Å². The van der Waals surface area contributed by atoms with Crippen molar-refractivity contribution in [3.63, 3.8) is 0 Å². The van der Waals surface area contributed by atoms with E-state index in [1.54, 1.807) is 24.3 Å². The lowest BCUT2D eigenvalue weighted by Gasteiger charge is -2.19. The van der Waals surface area contributed by atoms with Crippen molar-refractivity contribution in [2.24, 2.45) is 0 Å². The molecule has 0 aliphatic carbocycles. The van der Waals surface area contributed by atoms with Gasteiger partial charge in [0.25, 0.3) is 5.56 Å². The van der Waals surface area contributed by atoms with Gasteiger partial charge >= 0.3 is 12.3 Å². The number of alkyl halides is 3. The second-order valence-electron chi connectivity index (χ2n) is 5.96. The number of hydrogen-bond donors (Lipinski definition) is 4. The van der Waals surface area contributed by atoms with Crippen LogP contribution in [0.4, 0.5) is 18.0 Å². The molecule has 0 saturated heterocycles. The summed E-state index contributed by atoms with van der Waals surface area (Å²) in [7, 11) is 0. The van der Waals surface area contributed by atoms with Crippen LogP contribution in [-0.2, 0) is 17.5 Å². The molecule has 2 atom stereocenters. The van der Waals surface area contributed by atoms with Crippen molar-refractivity contribution in [1.82, 2.24) is 10.3 Å². The van der Waals surface area contributed by atoms with Crippen LogP contribution in [0, 0.1) is 0 Å². The van der Waals surface area contributed by atoms with Crippen molar-refractivity contribution in [3.05, 3.63) is 69.6 Å². The lowest BCUT2D eigenvalue weighted by Crippen LogP contribution is -2.30. The van der Waals surface area contributed by atoms with Crippen molar-refractivity contribution < 1.29 is 32.9 Å². The number of rotatable bonds is 7. The molecule has 10 heteroatoms. The lowest BCUT2D eigenvalue weighted by molar-refractivity contribution is -0.138. The summed E-state index contributed by atoms with van der Waals surface area (Å²) in [4.78, 5) is 24.7. The van der Waals surface area contributed by atoms with Crippen LogP contribution in [0.25, 0.3) is 0 Å². The molecule has 0 aliphatic rings. The van der Waals surface area contributed by atoms with E-state index >= 15 is 0 Å². The van der Waals surface area contributed by atoms with Gasteiger partial charge in [-0.15, -0.1) is 0 Å². The third kappa shape index (κ3) is 6.10.